The molecule has 3 saturated carbocycles. The molecule has 46 heavy (non-hydrogen) atoms. The fraction of sp³-hybridized carbons (Fsp3) is 0.706. The van der Waals surface area contributed by atoms with E-state index in [4.69, 9.17) is 4.74 Å². The maximum Gasteiger partial charge on any atom is 0.320 e. The van der Waals surface area contributed by atoms with Crippen molar-refractivity contribution in [3.05, 3.63) is 31.5 Å². The highest BCUT2D eigenvalue weighted by atomic mass is 35.5. The summed E-state index contributed by atoms with van der Waals surface area (Å²) in [5, 5.41) is 11.7. The molecular weight excluding hydrogens is 608 g/mol. The number of nitrogens with zero attached hydrogens (tertiary/aromatic N) is 6. The lowest BCUT2D eigenvalue weighted by atomic mass is 9.44. The van der Waals surface area contributed by atoms with E-state index in [1.165, 1.54) is 6.33 Å². The topological polar surface area (TPSA) is 131 Å². The number of fused-ring (bicyclic) bond motifs is 1. The minimum atomic E-state index is -0.686. The number of aliphatic hydroxyl groups excluding tert-OH is 1. The van der Waals surface area contributed by atoms with Crippen LogP contribution in [0.5, 0.6) is 0 Å². The standard InChI is InChI=1S/C34H48N6O5.ClH/c1-6-32(4)17-26(33(5)22(2)7-10-34(23(3)30(32)44)11-8-25(41)29(33)34)45-28(43)19-38-13-15-39(16-14-38)27(42)9-12-40-21-37-24-18-35-20-36-31(24)40;/h6,18,20-23,26,29-30,44H,1,7-17,19H2,2-5H3;1H/t22-,23+,26-,29+,30+,32-,33+,34+;/m1./s1. The number of aliphatic hydroxyl groups is 1. The van der Waals surface area contributed by atoms with Gasteiger partial charge in [0.05, 0.1) is 25.2 Å². The number of aryl methyl sites for hydroxylation is 1. The first-order valence-electron chi connectivity index (χ1n) is 16.6. The van der Waals surface area contributed by atoms with Gasteiger partial charge in [-0.1, -0.05) is 33.8 Å². The lowest BCUT2D eigenvalue weighted by Crippen LogP contribution is -2.63. The highest BCUT2D eigenvalue weighted by Gasteiger charge is 2.68. The Labute approximate surface area is 277 Å². The van der Waals surface area contributed by atoms with Crippen LogP contribution in [0.25, 0.3) is 11.2 Å². The van der Waals surface area contributed by atoms with E-state index in [-0.39, 0.29) is 59.8 Å². The molecule has 11 nitrogen and oxygen atoms in total. The number of amides is 1. The summed E-state index contributed by atoms with van der Waals surface area (Å²) in [4.78, 5) is 56.7. The first kappa shape index (κ1) is 34.4. The molecule has 0 unspecified atom stereocenters. The second-order valence-corrected chi connectivity index (χ2v) is 14.6. The maximum atomic E-state index is 13.6. The van der Waals surface area contributed by atoms with Crippen LogP contribution in [0, 0.1) is 34.0 Å². The number of piperazine rings is 1. The number of aromatic nitrogens is 4. The van der Waals surface area contributed by atoms with E-state index < -0.39 is 23.0 Å². The third-order valence-corrected chi connectivity index (χ3v) is 12.5. The Morgan fingerprint density at radius 1 is 1.15 bits per heavy atom. The number of esters is 1. The molecule has 2 aromatic heterocycles. The Bertz CT molecular complexity index is 1480. The van der Waals surface area contributed by atoms with E-state index in [0.717, 1.165) is 19.3 Å². The number of hydrogen-bond acceptors (Lipinski definition) is 9. The fourth-order valence-electron chi connectivity index (χ4n) is 9.39. The predicted molar refractivity (Wildman–Crippen MR) is 175 cm³/mol. The Balaban J connectivity index is 0.00000417. The minimum Gasteiger partial charge on any atom is -0.461 e. The van der Waals surface area contributed by atoms with Crippen LogP contribution in [-0.4, -0.2) is 97.0 Å². The summed E-state index contributed by atoms with van der Waals surface area (Å²) >= 11 is 0. The van der Waals surface area contributed by atoms with Crippen LogP contribution in [0.1, 0.15) is 66.2 Å². The van der Waals surface area contributed by atoms with Gasteiger partial charge < -0.3 is 19.3 Å². The van der Waals surface area contributed by atoms with Gasteiger partial charge in [0.1, 0.15) is 23.7 Å². The molecule has 4 aliphatic rings. The highest BCUT2D eigenvalue weighted by Crippen LogP contribution is 2.68. The van der Waals surface area contributed by atoms with Crippen molar-refractivity contribution in [2.24, 2.45) is 34.0 Å². The molecular formula is C34H49ClN6O5. The normalized spacial score (nSPS) is 36.3. The summed E-state index contributed by atoms with van der Waals surface area (Å²) in [6.07, 6.45) is 9.34. The molecule has 3 aliphatic carbocycles. The van der Waals surface area contributed by atoms with Crippen molar-refractivity contribution in [2.75, 3.05) is 32.7 Å². The van der Waals surface area contributed by atoms with Crippen LogP contribution < -0.4 is 0 Å². The number of hydrogen-bond donors (Lipinski definition) is 1. The number of halogens is 1. The largest absolute Gasteiger partial charge is 0.461 e. The van der Waals surface area contributed by atoms with E-state index in [0.29, 0.717) is 63.2 Å². The molecule has 1 saturated heterocycles. The van der Waals surface area contributed by atoms with Crippen molar-refractivity contribution in [2.45, 2.75) is 85.0 Å². The molecule has 6 rings (SSSR count). The molecule has 1 amide bonds. The van der Waals surface area contributed by atoms with Crippen LogP contribution in [-0.2, 0) is 25.7 Å². The molecule has 8 atom stereocenters. The Morgan fingerprint density at radius 2 is 1.89 bits per heavy atom. The predicted octanol–water partition coefficient (Wildman–Crippen LogP) is 3.69. The number of rotatable bonds is 7. The molecule has 1 N–H and O–H groups in total. The van der Waals surface area contributed by atoms with Crippen molar-refractivity contribution in [1.82, 2.24) is 29.3 Å². The summed E-state index contributed by atoms with van der Waals surface area (Å²) in [5.74, 6) is -0.127. The van der Waals surface area contributed by atoms with Crippen molar-refractivity contribution in [1.29, 1.82) is 0 Å². The summed E-state index contributed by atoms with van der Waals surface area (Å²) in [6, 6.07) is 0. The second-order valence-electron chi connectivity index (χ2n) is 14.6. The minimum absolute atomic E-state index is 0. The lowest BCUT2D eigenvalue weighted by Gasteiger charge is -2.61. The van der Waals surface area contributed by atoms with Crippen LogP contribution >= 0.6 is 12.4 Å². The van der Waals surface area contributed by atoms with Crippen LogP contribution in [0.4, 0.5) is 0 Å². The van der Waals surface area contributed by atoms with E-state index in [9.17, 15) is 19.5 Å². The summed E-state index contributed by atoms with van der Waals surface area (Å²) in [6.45, 7) is 15.4. The van der Waals surface area contributed by atoms with Crippen molar-refractivity contribution < 1.29 is 24.2 Å². The zero-order valence-corrected chi connectivity index (χ0v) is 28.4. The molecule has 3 heterocycles. The Kier molecular flexibility index (Phi) is 9.70. The molecule has 252 valence electrons. The van der Waals surface area contributed by atoms with E-state index in [2.05, 4.69) is 42.3 Å². The first-order valence-corrected chi connectivity index (χ1v) is 16.6. The molecule has 2 bridgehead atoms. The van der Waals surface area contributed by atoms with Crippen molar-refractivity contribution in [3.8, 4) is 0 Å². The third-order valence-electron chi connectivity index (χ3n) is 12.5. The van der Waals surface area contributed by atoms with Crippen molar-refractivity contribution in [3.63, 3.8) is 0 Å². The van der Waals surface area contributed by atoms with E-state index in [1.807, 2.05) is 27.4 Å². The first-order chi connectivity index (χ1) is 21.4. The molecule has 4 fully saturated rings. The quantitative estimate of drug-likeness (QED) is 0.350. The van der Waals surface area contributed by atoms with Crippen LogP contribution in [0.2, 0.25) is 0 Å². The molecule has 0 aromatic carbocycles. The van der Waals surface area contributed by atoms with Gasteiger partial charge in [0.25, 0.3) is 0 Å². The summed E-state index contributed by atoms with van der Waals surface area (Å²) in [5.41, 5.74) is -0.0751. The Morgan fingerprint density at radius 3 is 2.61 bits per heavy atom. The number of carbonyl (C=O) groups is 3. The van der Waals surface area contributed by atoms with Crippen LogP contribution in [0.3, 0.4) is 0 Å². The molecule has 2 aromatic rings. The van der Waals surface area contributed by atoms with Gasteiger partial charge in [-0.15, -0.1) is 19.0 Å². The lowest BCUT2D eigenvalue weighted by molar-refractivity contribution is -0.207. The molecule has 12 heteroatoms. The number of imidazole rings is 1. The number of Topliss-reactive ketones (excluding diaryl/α,β-unsaturated/α-hetero) is 1. The van der Waals surface area contributed by atoms with Gasteiger partial charge in [0, 0.05) is 62.3 Å². The second kappa shape index (κ2) is 13.0. The van der Waals surface area contributed by atoms with Gasteiger partial charge in [-0.25, -0.2) is 15.0 Å². The van der Waals surface area contributed by atoms with Crippen molar-refractivity contribution >= 4 is 41.2 Å². The van der Waals surface area contributed by atoms with Gasteiger partial charge in [0.15, 0.2) is 5.65 Å². The van der Waals surface area contributed by atoms with Gasteiger partial charge >= 0.3 is 5.97 Å². The SMILES string of the molecule is C=C[C@]1(C)C[C@@H](OC(=O)CN2CCN(C(=O)CCn3cnc4cncnc43)CC2)[C@]2(C)[C@H](C)CC[C@]3(CCC(=O)[C@H]32)[C@@H](C)[C@@H]1O.Cl. The third kappa shape index (κ3) is 5.66. The maximum absolute atomic E-state index is 13.6. The van der Waals surface area contributed by atoms with Gasteiger partial charge in [-0.2, -0.15) is 0 Å². The average Bonchev–Trinajstić information content (AvgIpc) is 3.62. The number of ketones is 1. The van der Waals surface area contributed by atoms with Gasteiger partial charge in [0.2, 0.25) is 5.91 Å². The molecule has 0 spiro atoms. The van der Waals surface area contributed by atoms with E-state index >= 15 is 0 Å². The average molecular weight is 657 g/mol. The zero-order valence-electron chi connectivity index (χ0n) is 27.6. The monoisotopic (exact) mass is 656 g/mol. The number of ether oxygens (including phenoxy) is 1. The zero-order chi connectivity index (χ0) is 32.1. The summed E-state index contributed by atoms with van der Waals surface area (Å²) < 4.78 is 8.29. The van der Waals surface area contributed by atoms with E-state index in [1.54, 1.807) is 12.5 Å². The van der Waals surface area contributed by atoms with Crippen LogP contribution in [0.15, 0.2) is 31.5 Å². The van der Waals surface area contributed by atoms with Gasteiger partial charge in [-0.05, 0) is 42.9 Å². The molecule has 0 radical (unpaired) electrons. The number of carbonyl (C=O) groups excluding carboxylic acids is 3. The smallest absolute Gasteiger partial charge is 0.320 e. The molecule has 1 aliphatic heterocycles. The van der Waals surface area contributed by atoms with Gasteiger partial charge in [-0.3, -0.25) is 19.3 Å². The summed E-state index contributed by atoms with van der Waals surface area (Å²) in [7, 11) is 0. The highest BCUT2D eigenvalue weighted by molar-refractivity contribution is 5.86. The Hall–Kier alpha value is -2.89. The fourth-order valence-corrected chi connectivity index (χ4v) is 9.39.